The van der Waals surface area contributed by atoms with Crippen LogP contribution < -0.4 is 0 Å². The van der Waals surface area contributed by atoms with Gasteiger partial charge in [-0.3, -0.25) is 0 Å². The summed E-state index contributed by atoms with van der Waals surface area (Å²) in [6, 6.07) is 0. The lowest BCUT2D eigenvalue weighted by Gasteiger charge is -1.98. The number of ether oxygens (including phenoxy) is 1. The minimum Gasteiger partial charge on any atom is -0.424 e. The second-order valence-electron chi connectivity index (χ2n) is 3.92. The first-order chi connectivity index (χ1) is 7.33. The highest BCUT2D eigenvalue weighted by atomic mass is 16.5. The van der Waals surface area contributed by atoms with E-state index in [1.54, 1.807) is 6.08 Å². The number of carbonyl (C=O) groups excluding carboxylic acids is 1. The first kappa shape index (κ1) is 12.0. The zero-order valence-electron chi connectivity index (χ0n) is 9.50. The van der Waals surface area contributed by atoms with Gasteiger partial charge in [-0.25, -0.2) is 4.79 Å². The molecule has 0 saturated carbocycles. The van der Waals surface area contributed by atoms with Gasteiger partial charge in [-0.2, -0.15) is 0 Å². The Bertz CT molecular complexity index is 251. The van der Waals surface area contributed by atoms with E-state index in [2.05, 4.69) is 6.92 Å². The number of cyclic esters (lactones) is 1. The van der Waals surface area contributed by atoms with Crippen molar-refractivity contribution in [1.29, 1.82) is 0 Å². The predicted octanol–water partition coefficient (Wildman–Crippen LogP) is 3.73. The predicted molar refractivity (Wildman–Crippen MR) is 61.3 cm³/mol. The third kappa shape index (κ3) is 5.40. The molecule has 0 radical (unpaired) electrons. The van der Waals surface area contributed by atoms with Crippen molar-refractivity contribution in [2.24, 2.45) is 0 Å². The Balaban J connectivity index is 1.97. The lowest BCUT2D eigenvalue weighted by atomic mass is 10.1. The Hall–Kier alpha value is -1.05. The molecule has 1 rings (SSSR count). The maximum absolute atomic E-state index is 10.7. The Morgan fingerprint density at radius 3 is 2.53 bits per heavy atom. The summed E-state index contributed by atoms with van der Waals surface area (Å²) in [5.41, 5.74) is 0. The van der Waals surface area contributed by atoms with Crippen molar-refractivity contribution in [3.8, 4) is 0 Å². The molecule has 0 atom stereocenters. The van der Waals surface area contributed by atoms with Crippen LogP contribution in [0.15, 0.2) is 24.0 Å². The van der Waals surface area contributed by atoms with E-state index in [0.717, 1.165) is 6.42 Å². The van der Waals surface area contributed by atoms with E-state index in [-0.39, 0.29) is 5.97 Å². The normalized spacial score (nSPS) is 17.4. The van der Waals surface area contributed by atoms with Crippen molar-refractivity contribution in [2.45, 2.75) is 51.9 Å². The summed E-state index contributed by atoms with van der Waals surface area (Å²) in [7, 11) is 0. The molecule has 0 saturated heterocycles. The molecule has 1 aliphatic rings. The van der Waals surface area contributed by atoms with Gasteiger partial charge in [0.05, 0.1) is 0 Å². The molecular formula is C13H20O2. The van der Waals surface area contributed by atoms with Crippen molar-refractivity contribution in [3.05, 3.63) is 24.0 Å². The summed E-state index contributed by atoms with van der Waals surface area (Å²) in [5, 5.41) is 0. The molecule has 0 amide bonds. The van der Waals surface area contributed by atoms with E-state index >= 15 is 0 Å². The van der Waals surface area contributed by atoms with Gasteiger partial charge in [0.2, 0.25) is 0 Å². The smallest absolute Gasteiger partial charge is 0.336 e. The summed E-state index contributed by atoms with van der Waals surface area (Å²) in [6.07, 6.45) is 14.0. The van der Waals surface area contributed by atoms with Crippen LogP contribution in [0.25, 0.3) is 0 Å². The molecule has 84 valence electrons. The van der Waals surface area contributed by atoms with Gasteiger partial charge in [-0.05, 0) is 25.0 Å². The van der Waals surface area contributed by atoms with Gasteiger partial charge < -0.3 is 4.74 Å². The zero-order chi connectivity index (χ0) is 10.9. The average molecular weight is 208 g/mol. The van der Waals surface area contributed by atoms with Crippen molar-refractivity contribution >= 4 is 5.97 Å². The second kappa shape index (κ2) is 7.27. The van der Waals surface area contributed by atoms with Crippen LogP contribution in [-0.2, 0) is 9.53 Å². The monoisotopic (exact) mass is 208 g/mol. The first-order valence-corrected chi connectivity index (χ1v) is 5.93. The fourth-order valence-corrected chi connectivity index (χ4v) is 1.61. The quantitative estimate of drug-likeness (QED) is 0.470. The van der Waals surface area contributed by atoms with Crippen LogP contribution in [0.4, 0.5) is 0 Å². The van der Waals surface area contributed by atoms with Crippen molar-refractivity contribution in [1.82, 2.24) is 0 Å². The van der Waals surface area contributed by atoms with Crippen LogP contribution >= 0.6 is 0 Å². The lowest BCUT2D eigenvalue weighted by molar-refractivity contribution is -0.132. The van der Waals surface area contributed by atoms with Gasteiger partial charge in [0.1, 0.15) is 5.76 Å². The summed E-state index contributed by atoms with van der Waals surface area (Å²) in [6.45, 7) is 2.23. The highest BCUT2D eigenvalue weighted by Gasteiger charge is 2.07. The summed E-state index contributed by atoms with van der Waals surface area (Å²) in [5.74, 6) is 0.470. The molecule has 0 aromatic carbocycles. The fraction of sp³-hybridized carbons (Fsp3) is 0.615. The third-order valence-electron chi connectivity index (χ3n) is 2.51. The molecule has 0 aromatic rings. The number of allylic oxidation sites excluding steroid dienone is 2. The number of hydrogen-bond donors (Lipinski definition) is 0. The minimum absolute atomic E-state index is 0.246. The molecule has 15 heavy (non-hydrogen) atoms. The van der Waals surface area contributed by atoms with E-state index in [1.807, 2.05) is 6.08 Å². The molecule has 0 aliphatic carbocycles. The molecule has 0 N–H and O–H groups in total. The van der Waals surface area contributed by atoms with Gasteiger partial charge in [-0.15, -0.1) is 0 Å². The van der Waals surface area contributed by atoms with Crippen molar-refractivity contribution in [3.63, 3.8) is 0 Å². The maximum Gasteiger partial charge on any atom is 0.336 e. The highest BCUT2D eigenvalue weighted by Crippen LogP contribution is 2.12. The Labute approximate surface area is 92.0 Å². The Morgan fingerprint density at radius 2 is 1.87 bits per heavy atom. The molecular weight excluding hydrogens is 188 g/mol. The molecule has 2 nitrogen and oxygen atoms in total. The van der Waals surface area contributed by atoms with Crippen LogP contribution in [0, 0.1) is 0 Å². The summed E-state index contributed by atoms with van der Waals surface area (Å²) >= 11 is 0. The van der Waals surface area contributed by atoms with E-state index in [4.69, 9.17) is 4.74 Å². The molecule has 1 heterocycles. The molecule has 0 spiro atoms. The van der Waals surface area contributed by atoms with Crippen LogP contribution in [0.5, 0.6) is 0 Å². The van der Waals surface area contributed by atoms with Gasteiger partial charge in [-0.1, -0.05) is 39.0 Å². The summed E-state index contributed by atoms with van der Waals surface area (Å²) < 4.78 is 4.92. The number of esters is 1. The molecule has 0 aromatic heterocycles. The number of unbranched alkanes of at least 4 members (excludes halogenated alkanes) is 6. The zero-order valence-corrected chi connectivity index (χ0v) is 9.50. The molecule has 2 heteroatoms. The SMILES string of the molecule is CCCCCCCC/C=C1\C=CC(=O)O1. The third-order valence-corrected chi connectivity index (χ3v) is 2.51. The topological polar surface area (TPSA) is 26.3 Å². The van der Waals surface area contributed by atoms with E-state index in [1.165, 1.54) is 44.6 Å². The lowest BCUT2D eigenvalue weighted by Crippen LogP contribution is -1.90. The van der Waals surface area contributed by atoms with Crippen molar-refractivity contribution in [2.75, 3.05) is 0 Å². The molecule has 0 bridgehead atoms. The van der Waals surface area contributed by atoms with Crippen LogP contribution in [0.2, 0.25) is 0 Å². The molecule has 1 aliphatic heterocycles. The fourth-order valence-electron chi connectivity index (χ4n) is 1.61. The van der Waals surface area contributed by atoms with E-state index < -0.39 is 0 Å². The van der Waals surface area contributed by atoms with Crippen LogP contribution in [0.1, 0.15) is 51.9 Å². The summed E-state index contributed by atoms with van der Waals surface area (Å²) in [4.78, 5) is 10.7. The Kier molecular flexibility index (Phi) is 5.83. The Morgan fingerprint density at radius 1 is 1.13 bits per heavy atom. The highest BCUT2D eigenvalue weighted by molar-refractivity contribution is 5.86. The largest absolute Gasteiger partial charge is 0.424 e. The number of rotatable bonds is 7. The standard InChI is InChI=1S/C13H20O2/c1-2-3-4-5-6-7-8-9-12-10-11-13(14)15-12/h9-11H,2-8H2,1H3/b12-9+. The van der Waals surface area contributed by atoms with Gasteiger partial charge in [0.25, 0.3) is 0 Å². The van der Waals surface area contributed by atoms with Gasteiger partial charge >= 0.3 is 5.97 Å². The second-order valence-corrected chi connectivity index (χ2v) is 3.92. The minimum atomic E-state index is -0.246. The molecule has 0 fully saturated rings. The van der Waals surface area contributed by atoms with Gasteiger partial charge in [0, 0.05) is 6.08 Å². The van der Waals surface area contributed by atoms with E-state index in [0.29, 0.717) is 5.76 Å². The van der Waals surface area contributed by atoms with Gasteiger partial charge in [0.15, 0.2) is 0 Å². The van der Waals surface area contributed by atoms with E-state index in [9.17, 15) is 4.79 Å². The van der Waals surface area contributed by atoms with Crippen molar-refractivity contribution < 1.29 is 9.53 Å². The first-order valence-electron chi connectivity index (χ1n) is 5.93. The molecule has 0 unspecified atom stereocenters. The van der Waals surface area contributed by atoms with Crippen LogP contribution in [0.3, 0.4) is 0 Å². The maximum atomic E-state index is 10.7. The number of carbonyl (C=O) groups is 1. The van der Waals surface area contributed by atoms with Crippen LogP contribution in [-0.4, -0.2) is 5.97 Å². The number of hydrogen-bond acceptors (Lipinski definition) is 2. The average Bonchev–Trinajstić information content (AvgIpc) is 2.63.